The summed E-state index contributed by atoms with van der Waals surface area (Å²) in [5, 5.41) is 2.47. The fraction of sp³-hybridized carbons (Fsp3) is 0.143. The van der Waals surface area contributed by atoms with Crippen molar-refractivity contribution in [1.82, 2.24) is 0 Å². The Balaban J connectivity index is 0.00000128. The monoisotopic (exact) mass is 286 g/mol. The van der Waals surface area contributed by atoms with E-state index < -0.39 is 0 Å². The Morgan fingerprint density at radius 3 is 2.50 bits per heavy atom. The zero-order valence-electron chi connectivity index (χ0n) is 9.31. The van der Waals surface area contributed by atoms with E-state index in [9.17, 15) is 4.79 Å². The second-order valence-electron chi connectivity index (χ2n) is 3.70. The first-order chi connectivity index (χ1) is 7.25. The smallest absolute Gasteiger partial charge is 0.335 e. The first-order valence-electron chi connectivity index (χ1n) is 5.07. The van der Waals surface area contributed by atoms with Crippen molar-refractivity contribution in [3.05, 3.63) is 54.4 Å². The van der Waals surface area contributed by atoms with Gasteiger partial charge < -0.3 is 11.2 Å². The maximum Gasteiger partial charge on any atom is 3.00 e. The van der Waals surface area contributed by atoms with Gasteiger partial charge in [-0.3, -0.25) is 0 Å². The maximum absolute atomic E-state index is 10.8. The predicted octanol–water partition coefficient (Wildman–Crippen LogP) is 3.17. The number of hydrogen-bond acceptors (Lipinski definition) is 1. The van der Waals surface area contributed by atoms with Crippen molar-refractivity contribution in [2.24, 2.45) is 0 Å². The van der Waals surface area contributed by atoms with Crippen LogP contribution in [0.25, 0.3) is 10.8 Å². The normalized spacial score (nSPS) is 9.56. The van der Waals surface area contributed by atoms with Crippen LogP contribution in [0.5, 0.6) is 0 Å². The third kappa shape index (κ3) is 3.43. The van der Waals surface area contributed by atoms with Crippen LogP contribution in [0.4, 0.5) is 0 Å². The van der Waals surface area contributed by atoms with Crippen LogP contribution < -0.4 is 0 Å². The minimum atomic E-state index is 0. The predicted molar refractivity (Wildman–Crippen MR) is 62.6 cm³/mol. The fourth-order valence-electron chi connectivity index (χ4n) is 1.63. The number of rotatable bonds is 3. The Morgan fingerprint density at radius 1 is 1.12 bits per heavy atom. The molecular formula is C14H13OY+2. The third-order valence-electron chi connectivity index (χ3n) is 2.44. The van der Waals surface area contributed by atoms with Gasteiger partial charge >= 0.3 is 32.7 Å². The molecule has 0 spiro atoms. The van der Waals surface area contributed by atoms with E-state index in [1.807, 2.05) is 12.1 Å². The van der Waals surface area contributed by atoms with Crippen LogP contribution in [-0.4, -0.2) is 5.78 Å². The first kappa shape index (κ1) is 13.4. The average molecular weight is 286 g/mol. The van der Waals surface area contributed by atoms with Gasteiger partial charge in [0.1, 0.15) is 0 Å². The fourth-order valence-corrected chi connectivity index (χ4v) is 1.63. The van der Waals surface area contributed by atoms with Gasteiger partial charge in [-0.05, 0) is 23.5 Å². The molecule has 0 aromatic heterocycles. The van der Waals surface area contributed by atoms with Crippen LogP contribution in [0, 0.1) is 6.42 Å². The summed E-state index contributed by atoms with van der Waals surface area (Å²) in [6.45, 7) is 1.58. The Bertz CT molecular complexity index is 491. The van der Waals surface area contributed by atoms with E-state index in [4.69, 9.17) is 0 Å². The molecule has 2 aromatic carbocycles. The summed E-state index contributed by atoms with van der Waals surface area (Å²) in [6, 6.07) is 14.5. The van der Waals surface area contributed by atoms with Crippen LogP contribution >= 0.6 is 0 Å². The van der Waals surface area contributed by atoms with Gasteiger partial charge in [0.2, 0.25) is 0 Å². The molecule has 2 heteroatoms. The Labute approximate surface area is 121 Å². The molecule has 2 aromatic rings. The van der Waals surface area contributed by atoms with E-state index >= 15 is 0 Å². The Hall–Kier alpha value is -0.656. The molecule has 0 unspecified atom stereocenters. The van der Waals surface area contributed by atoms with E-state index in [0.29, 0.717) is 0 Å². The van der Waals surface area contributed by atoms with Crippen molar-refractivity contribution in [2.45, 2.75) is 13.3 Å². The van der Waals surface area contributed by atoms with E-state index in [-0.39, 0.29) is 38.5 Å². The molecule has 0 radical (unpaired) electrons. The van der Waals surface area contributed by atoms with E-state index in [0.717, 1.165) is 6.42 Å². The summed E-state index contributed by atoms with van der Waals surface area (Å²) in [5.74, 6) is 0.128. The summed E-state index contributed by atoms with van der Waals surface area (Å²) in [7, 11) is 0. The van der Waals surface area contributed by atoms with Gasteiger partial charge in [-0.15, -0.1) is 6.42 Å². The standard InChI is InChI=1S/C14H13O.Y/c1-11(15)6-7-12-8-9-13-4-2-3-5-14(13)10-12;/h2-6,8-10H,7H2,1H3;/q-1;+3. The molecule has 0 heterocycles. The molecule has 0 aliphatic heterocycles. The number of carbonyl (C=O) groups is 1. The first-order valence-corrected chi connectivity index (χ1v) is 5.07. The minimum absolute atomic E-state index is 0. The molecule has 1 nitrogen and oxygen atoms in total. The van der Waals surface area contributed by atoms with Gasteiger partial charge in [-0.25, -0.2) is 0 Å². The Kier molecular flexibility index (Phi) is 5.17. The molecule has 0 amide bonds. The van der Waals surface area contributed by atoms with Crippen LogP contribution in [0.3, 0.4) is 0 Å². The molecule has 0 saturated carbocycles. The van der Waals surface area contributed by atoms with Crippen molar-refractivity contribution in [2.75, 3.05) is 0 Å². The second kappa shape index (κ2) is 6.17. The van der Waals surface area contributed by atoms with Crippen LogP contribution in [-0.2, 0) is 43.9 Å². The number of hydrogen-bond donors (Lipinski definition) is 0. The van der Waals surface area contributed by atoms with Crippen LogP contribution in [0.15, 0.2) is 42.5 Å². The van der Waals surface area contributed by atoms with Crippen molar-refractivity contribution in [3.63, 3.8) is 0 Å². The number of fused-ring (bicyclic) bond motifs is 1. The zero-order chi connectivity index (χ0) is 10.7. The molecule has 76 valence electrons. The van der Waals surface area contributed by atoms with E-state index in [2.05, 4.69) is 30.3 Å². The third-order valence-corrected chi connectivity index (χ3v) is 2.44. The topological polar surface area (TPSA) is 17.1 Å². The van der Waals surface area contributed by atoms with Gasteiger partial charge in [0.25, 0.3) is 0 Å². The second-order valence-corrected chi connectivity index (χ2v) is 3.70. The van der Waals surface area contributed by atoms with E-state index in [1.54, 1.807) is 13.3 Å². The van der Waals surface area contributed by atoms with Gasteiger partial charge in [0, 0.05) is 0 Å². The molecule has 0 aliphatic rings. The van der Waals surface area contributed by atoms with Gasteiger partial charge in [-0.2, -0.15) is 0 Å². The molecule has 2 rings (SSSR count). The maximum atomic E-state index is 10.8. The molecule has 0 N–H and O–H groups in total. The summed E-state index contributed by atoms with van der Waals surface area (Å²) < 4.78 is 0. The number of benzene rings is 2. The van der Waals surface area contributed by atoms with Crippen molar-refractivity contribution < 1.29 is 37.5 Å². The summed E-state index contributed by atoms with van der Waals surface area (Å²) in [6.07, 6.45) is 2.43. The molecular weight excluding hydrogens is 273 g/mol. The Morgan fingerprint density at radius 2 is 1.81 bits per heavy atom. The molecule has 0 atom stereocenters. The van der Waals surface area contributed by atoms with Crippen LogP contribution in [0.2, 0.25) is 0 Å². The van der Waals surface area contributed by atoms with Crippen LogP contribution in [0.1, 0.15) is 12.5 Å². The summed E-state index contributed by atoms with van der Waals surface area (Å²) in [5.41, 5.74) is 1.18. The largest absolute Gasteiger partial charge is 3.00 e. The number of carbonyl (C=O) groups excluding carboxylic acids is 1. The SMILES string of the molecule is CC(=O)[CH-]Cc1ccc2ccccc2c1.[Y+3]. The summed E-state index contributed by atoms with van der Waals surface area (Å²) >= 11 is 0. The summed E-state index contributed by atoms with van der Waals surface area (Å²) in [4.78, 5) is 10.8. The quantitative estimate of drug-likeness (QED) is 0.792. The molecule has 0 saturated heterocycles. The molecule has 16 heavy (non-hydrogen) atoms. The molecule has 0 aliphatic carbocycles. The molecule has 0 fully saturated rings. The van der Waals surface area contributed by atoms with Crippen molar-refractivity contribution >= 4 is 16.6 Å². The molecule has 0 bridgehead atoms. The number of Topliss-reactive ketones (excluding diaryl/α,β-unsaturated/α-hetero) is 1. The minimum Gasteiger partial charge on any atom is -0.335 e. The van der Waals surface area contributed by atoms with Gasteiger partial charge in [-0.1, -0.05) is 48.0 Å². The average Bonchev–Trinajstić information content (AvgIpc) is 2.26. The van der Waals surface area contributed by atoms with Crippen molar-refractivity contribution in [1.29, 1.82) is 0 Å². The van der Waals surface area contributed by atoms with Gasteiger partial charge in [0.05, 0.1) is 0 Å². The van der Waals surface area contributed by atoms with E-state index in [1.165, 1.54) is 16.3 Å². The van der Waals surface area contributed by atoms with Gasteiger partial charge in [0.15, 0.2) is 0 Å². The van der Waals surface area contributed by atoms with Crippen molar-refractivity contribution in [3.8, 4) is 0 Å². The number of ketones is 1. The zero-order valence-corrected chi connectivity index (χ0v) is 12.1.